The van der Waals surface area contributed by atoms with Crippen LogP contribution in [0.15, 0.2) is 48.6 Å². The maximum atomic E-state index is 13.5. The summed E-state index contributed by atoms with van der Waals surface area (Å²) in [5.41, 5.74) is 0. The van der Waals surface area contributed by atoms with Gasteiger partial charge in [-0.3, -0.25) is 14.2 Å². The molecule has 0 aromatic carbocycles. The second-order valence-electron chi connectivity index (χ2n) is 23.3. The highest BCUT2D eigenvalue weighted by Crippen LogP contribution is 2.38. The monoisotopic (exact) mass is 1090 g/mol. The van der Waals surface area contributed by atoms with Crippen LogP contribution in [0.25, 0.3) is 0 Å². The zero-order chi connectivity index (χ0) is 55.7. The molecule has 0 aliphatic heterocycles. The summed E-state index contributed by atoms with van der Waals surface area (Å²) in [7, 11) is 1.18. The Kier molecular flexibility index (Phi) is 54.7. The van der Waals surface area contributed by atoms with Gasteiger partial charge in [-0.2, -0.15) is 0 Å². The first-order valence-corrected chi connectivity index (χ1v) is 33.9. The maximum absolute atomic E-state index is 13.5. The minimum Gasteiger partial charge on any atom is -0.756 e. The maximum Gasteiger partial charge on any atom is 0.306 e. The number of esters is 1. The van der Waals surface area contributed by atoms with Crippen LogP contribution in [0.2, 0.25) is 0 Å². The van der Waals surface area contributed by atoms with Gasteiger partial charge in [-0.25, -0.2) is 0 Å². The average Bonchev–Trinajstić information content (AvgIpc) is 3.38. The minimum absolute atomic E-state index is 0.0235. The van der Waals surface area contributed by atoms with Crippen LogP contribution in [0, 0.1) is 0 Å². The van der Waals surface area contributed by atoms with Gasteiger partial charge in [0.1, 0.15) is 19.3 Å². The summed E-state index contributed by atoms with van der Waals surface area (Å²) in [5, 5.41) is 3.03. The highest BCUT2D eigenvalue weighted by atomic mass is 31.2. The van der Waals surface area contributed by atoms with Gasteiger partial charge in [0.05, 0.1) is 33.8 Å². The SMILES string of the molecule is CCCCC/C=C\C/C=C\CCCCCCCCCCCCCCCCCC(=O)NC(COP(=O)([O-])OCC[N+](C)(C)C)C(/C=C\CCCCCCCCCCC)OC(=O)CCCCC/C=C\CCCCCCCCC. The van der Waals surface area contributed by atoms with Gasteiger partial charge in [-0.05, 0) is 89.5 Å². The van der Waals surface area contributed by atoms with E-state index in [0.29, 0.717) is 23.9 Å². The van der Waals surface area contributed by atoms with Gasteiger partial charge < -0.3 is 28.5 Å². The minimum atomic E-state index is -4.70. The van der Waals surface area contributed by atoms with E-state index in [1.54, 1.807) is 0 Å². The molecule has 0 aromatic rings. The third-order valence-electron chi connectivity index (χ3n) is 14.5. The number of phosphoric ester groups is 1. The fourth-order valence-corrected chi connectivity index (χ4v) is 10.2. The summed E-state index contributed by atoms with van der Waals surface area (Å²) < 4.78 is 30.3. The van der Waals surface area contributed by atoms with Gasteiger partial charge in [0.15, 0.2) is 0 Å². The topological polar surface area (TPSA) is 114 Å². The number of nitrogens with one attached hydrogen (secondary N) is 1. The second-order valence-corrected chi connectivity index (χ2v) is 24.7. The number of hydrogen-bond acceptors (Lipinski definition) is 7. The number of carbonyl (C=O) groups excluding carboxylic acids is 2. The van der Waals surface area contributed by atoms with E-state index in [9.17, 15) is 19.0 Å². The number of hydrogen-bond donors (Lipinski definition) is 1. The van der Waals surface area contributed by atoms with Gasteiger partial charge in [0.25, 0.3) is 7.82 Å². The molecule has 0 radical (unpaired) electrons. The summed E-state index contributed by atoms with van der Waals surface area (Å²) in [5.74, 6) is -0.550. The average molecular weight is 1090 g/mol. The lowest BCUT2D eigenvalue weighted by atomic mass is 10.0. The van der Waals surface area contributed by atoms with E-state index in [0.717, 1.165) is 70.6 Å². The number of rotatable bonds is 59. The molecule has 76 heavy (non-hydrogen) atoms. The Bertz CT molecular complexity index is 1440. The quantitative estimate of drug-likeness (QED) is 0.0212. The van der Waals surface area contributed by atoms with Crippen molar-refractivity contribution in [1.29, 1.82) is 0 Å². The molecule has 1 amide bonds. The predicted octanol–water partition coefficient (Wildman–Crippen LogP) is 19.4. The highest BCUT2D eigenvalue weighted by molar-refractivity contribution is 7.45. The van der Waals surface area contributed by atoms with Crippen molar-refractivity contribution in [1.82, 2.24) is 5.32 Å². The zero-order valence-electron chi connectivity index (χ0n) is 51.0. The Morgan fingerprint density at radius 1 is 0.461 bits per heavy atom. The molecule has 0 aliphatic carbocycles. The van der Waals surface area contributed by atoms with Crippen molar-refractivity contribution in [3.05, 3.63) is 48.6 Å². The molecule has 0 heterocycles. The van der Waals surface area contributed by atoms with Crippen molar-refractivity contribution in [2.24, 2.45) is 0 Å². The Morgan fingerprint density at radius 3 is 1.24 bits per heavy atom. The van der Waals surface area contributed by atoms with Crippen molar-refractivity contribution in [3.8, 4) is 0 Å². The molecular formula is C66H125N2O7P. The number of nitrogens with zero attached hydrogens (tertiary/aromatic N) is 1. The lowest BCUT2D eigenvalue weighted by molar-refractivity contribution is -0.870. The second kappa shape index (κ2) is 56.3. The highest BCUT2D eigenvalue weighted by Gasteiger charge is 2.27. The first kappa shape index (κ1) is 74.0. The Labute approximate surface area is 471 Å². The lowest BCUT2D eigenvalue weighted by Crippen LogP contribution is -2.47. The van der Waals surface area contributed by atoms with E-state index >= 15 is 0 Å². The van der Waals surface area contributed by atoms with Gasteiger partial charge in [0, 0.05) is 12.8 Å². The lowest BCUT2D eigenvalue weighted by Gasteiger charge is -2.30. The molecule has 0 aromatic heterocycles. The van der Waals surface area contributed by atoms with Crippen LogP contribution in [-0.4, -0.2) is 69.4 Å². The summed E-state index contributed by atoms with van der Waals surface area (Å²) in [6.07, 6.45) is 69.5. The number of unbranched alkanes of at least 4 members (excludes halogenated alkanes) is 37. The van der Waals surface area contributed by atoms with Crippen LogP contribution in [0.4, 0.5) is 0 Å². The molecule has 0 rings (SSSR count). The third kappa shape index (κ3) is 56.7. The van der Waals surface area contributed by atoms with Crippen LogP contribution >= 0.6 is 7.82 Å². The molecule has 3 atom stereocenters. The zero-order valence-corrected chi connectivity index (χ0v) is 51.9. The summed E-state index contributed by atoms with van der Waals surface area (Å²) in [4.78, 5) is 40.0. The van der Waals surface area contributed by atoms with Crippen LogP contribution in [0.1, 0.15) is 310 Å². The van der Waals surface area contributed by atoms with E-state index in [1.807, 2.05) is 33.3 Å². The third-order valence-corrected chi connectivity index (χ3v) is 15.4. The molecule has 0 spiro atoms. The van der Waals surface area contributed by atoms with E-state index in [-0.39, 0.29) is 24.9 Å². The van der Waals surface area contributed by atoms with Crippen LogP contribution in [0.3, 0.4) is 0 Å². The van der Waals surface area contributed by atoms with Crippen molar-refractivity contribution in [3.63, 3.8) is 0 Å². The first-order chi connectivity index (χ1) is 36.9. The van der Waals surface area contributed by atoms with E-state index in [1.165, 1.54) is 199 Å². The molecule has 0 fully saturated rings. The fourth-order valence-electron chi connectivity index (χ4n) is 9.43. The van der Waals surface area contributed by atoms with E-state index in [2.05, 4.69) is 62.5 Å². The van der Waals surface area contributed by atoms with Gasteiger partial charge in [0.2, 0.25) is 5.91 Å². The molecule has 1 N–H and O–H groups in total. The number of quaternary nitrogens is 1. The number of ether oxygens (including phenoxy) is 1. The van der Waals surface area contributed by atoms with Crippen molar-refractivity contribution in [2.75, 3.05) is 40.9 Å². The Morgan fingerprint density at radius 2 is 0.803 bits per heavy atom. The van der Waals surface area contributed by atoms with E-state index in [4.69, 9.17) is 13.8 Å². The van der Waals surface area contributed by atoms with Gasteiger partial charge >= 0.3 is 5.97 Å². The molecule has 0 saturated heterocycles. The van der Waals surface area contributed by atoms with E-state index < -0.39 is 26.6 Å². The normalized spacial score (nSPS) is 13.9. The molecule has 9 nitrogen and oxygen atoms in total. The van der Waals surface area contributed by atoms with Gasteiger partial charge in [-0.15, -0.1) is 0 Å². The first-order valence-electron chi connectivity index (χ1n) is 32.4. The van der Waals surface area contributed by atoms with Crippen LogP contribution < -0.4 is 10.2 Å². The number of amides is 1. The van der Waals surface area contributed by atoms with Gasteiger partial charge in [-0.1, -0.05) is 256 Å². The standard InChI is InChI=1S/C66H125N2O7P/c1-7-10-13-16-19-22-25-27-29-30-31-32-33-34-35-36-37-38-39-40-43-46-49-52-55-58-65(69)67-63(62-74-76(71,72)73-61-60-68(4,5)6)64(57-54-51-48-45-42-24-21-18-15-12-9-3)75-66(70)59-56-53-50-47-44-41-28-26-23-20-17-14-11-8-2/h19,22,27,29,41,44,54,57,63-64H,7-18,20-21,23-26,28,30-40,42-43,45-53,55-56,58-62H2,1-6H3,(H-,67,69,71,72)/b22-19-,29-27-,44-41-,57-54-. The molecule has 0 saturated carbocycles. The molecule has 0 bridgehead atoms. The number of carbonyl (C=O) groups is 2. The van der Waals surface area contributed by atoms with Crippen molar-refractivity contribution in [2.45, 2.75) is 322 Å². The summed E-state index contributed by atoms with van der Waals surface area (Å²) in [6.45, 7) is 6.83. The fraction of sp³-hybridized carbons (Fsp3) is 0.848. The Balaban J connectivity index is 5.05. The molecule has 3 unspecified atom stereocenters. The Hall–Kier alpha value is -2.03. The smallest absolute Gasteiger partial charge is 0.306 e. The number of likely N-dealkylation sites (N-methyl/N-ethyl adjacent to an activating group) is 1. The molecule has 446 valence electrons. The summed E-state index contributed by atoms with van der Waals surface area (Å²) in [6, 6.07) is -0.892. The number of allylic oxidation sites excluding steroid dienone is 7. The van der Waals surface area contributed by atoms with Crippen LogP contribution in [-0.2, 0) is 27.9 Å². The van der Waals surface area contributed by atoms with Crippen LogP contribution in [0.5, 0.6) is 0 Å². The van der Waals surface area contributed by atoms with Crippen molar-refractivity contribution >= 4 is 19.7 Å². The van der Waals surface area contributed by atoms with Crippen molar-refractivity contribution < 1.29 is 37.3 Å². The largest absolute Gasteiger partial charge is 0.756 e. The summed E-state index contributed by atoms with van der Waals surface area (Å²) >= 11 is 0. The molecule has 10 heteroatoms. The molecule has 0 aliphatic rings. The number of phosphoric acid groups is 1. The molecular weight excluding hydrogens is 964 g/mol. The predicted molar refractivity (Wildman–Crippen MR) is 326 cm³/mol.